The number of piperidine rings is 1. The van der Waals surface area contributed by atoms with Crippen molar-refractivity contribution in [2.45, 2.75) is 31.7 Å². The van der Waals surface area contributed by atoms with Crippen molar-refractivity contribution in [1.29, 1.82) is 0 Å². The van der Waals surface area contributed by atoms with Gasteiger partial charge in [0, 0.05) is 31.7 Å². The first-order valence-electron chi connectivity index (χ1n) is 5.41. The number of nitrogens with zero attached hydrogens (tertiary/aromatic N) is 2. The first kappa shape index (κ1) is 9.77. The molecule has 2 fully saturated rings. The molecule has 0 aromatic heterocycles. The minimum atomic E-state index is 0.0479. The molecule has 0 atom stereocenters. The minimum Gasteiger partial charge on any atom is -0.338 e. The number of carbonyl (C=O) groups is 1. The number of hydrogen-bond acceptors (Lipinski definition) is 1. The lowest BCUT2D eigenvalue weighted by atomic mass is 9.88. The number of carbonyl (C=O) groups excluding carboxylic acids is 1. The van der Waals surface area contributed by atoms with Gasteiger partial charge in [0.15, 0.2) is 0 Å². The molecule has 0 spiro atoms. The van der Waals surface area contributed by atoms with Crippen LogP contribution in [0.5, 0.6) is 0 Å². The maximum Gasteiger partial charge on any atom is 0.317 e. The van der Waals surface area contributed by atoms with Crippen molar-refractivity contribution in [1.82, 2.24) is 15.5 Å². The van der Waals surface area contributed by atoms with Crippen molar-refractivity contribution in [2.75, 3.05) is 26.2 Å². The zero-order chi connectivity index (χ0) is 10.0. The molecule has 1 radical (unpaired) electrons. The van der Waals surface area contributed by atoms with Crippen LogP contribution in [0.25, 0.3) is 0 Å². The summed E-state index contributed by atoms with van der Waals surface area (Å²) in [4.78, 5) is 13.7. The largest absolute Gasteiger partial charge is 0.338 e. The molecule has 2 heterocycles. The summed E-state index contributed by atoms with van der Waals surface area (Å²) in [5.74, 6) is 0. The average molecular weight is 196 g/mol. The van der Waals surface area contributed by atoms with Gasteiger partial charge in [0.2, 0.25) is 0 Å². The molecule has 4 heteroatoms. The Hall–Kier alpha value is -0.770. The first-order valence-corrected chi connectivity index (χ1v) is 5.41. The average Bonchev–Trinajstić information content (AvgIpc) is 2.19. The third-order valence-electron chi connectivity index (χ3n) is 3.35. The van der Waals surface area contributed by atoms with Crippen molar-refractivity contribution < 1.29 is 4.79 Å². The van der Waals surface area contributed by atoms with Crippen LogP contribution in [0.1, 0.15) is 26.2 Å². The molecule has 2 aliphatic rings. The third kappa shape index (κ3) is 1.71. The van der Waals surface area contributed by atoms with Crippen LogP contribution in [0.3, 0.4) is 0 Å². The molecule has 0 aromatic carbocycles. The maximum atomic E-state index is 11.7. The Kier molecular flexibility index (Phi) is 2.63. The molecule has 0 bridgehead atoms. The van der Waals surface area contributed by atoms with Gasteiger partial charge >= 0.3 is 6.03 Å². The second kappa shape index (κ2) is 3.77. The van der Waals surface area contributed by atoms with Crippen molar-refractivity contribution >= 4 is 6.03 Å². The lowest BCUT2D eigenvalue weighted by Gasteiger charge is -2.45. The molecule has 2 rings (SSSR count). The Morgan fingerprint density at radius 1 is 1.43 bits per heavy atom. The van der Waals surface area contributed by atoms with Crippen LogP contribution in [0.4, 0.5) is 4.79 Å². The molecular formula is C10H18N3O. The van der Waals surface area contributed by atoms with Crippen molar-refractivity contribution in [2.24, 2.45) is 0 Å². The van der Waals surface area contributed by atoms with Gasteiger partial charge in [-0.15, -0.1) is 0 Å². The number of urea groups is 1. The summed E-state index contributed by atoms with van der Waals surface area (Å²) in [6.45, 7) is 5.73. The lowest BCUT2D eigenvalue weighted by Crippen LogP contribution is -2.59. The smallest absolute Gasteiger partial charge is 0.317 e. The van der Waals surface area contributed by atoms with Crippen LogP contribution < -0.4 is 10.6 Å². The Balaban J connectivity index is 2.06. The molecule has 0 aliphatic carbocycles. The van der Waals surface area contributed by atoms with Crippen LogP contribution in [0.2, 0.25) is 0 Å². The number of hydrogen-bond donors (Lipinski definition) is 1. The van der Waals surface area contributed by atoms with E-state index in [1.165, 1.54) is 0 Å². The van der Waals surface area contributed by atoms with Gasteiger partial charge in [0.05, 0.1) is 0 Å². The van der Waals surface area contributed by atoms with E-state index in [4.69, 9.17) is 0 Å². The number of rotatable bonds is 1. The Morgan fingerprint density at radius 3 is 2.79 bits per heavy atom. The second-order valence-electron chi connectivity index (χ2n) is 4.40. The SMILES string of the molecule is CC1(N2CCCNC2=O)CC[N]CC1. The van der Waals surface area contributed by atoms with E-state index in [-0.39, 0.29) is 11.6 Å². The van der Waals surface area contributed by atoms with Gasteiger partial charge in [0.1, 0.15) is 0 Å². The summed E-state index contributed by atoms with van der Waals surface area (Å²) in [5, 5.41) is 7.25. The zero-order valence-corrected chi connectivity index (χ0v) is 8.75. The molecule has 2 amide bonds. The highest BCUT2D eigenvalue weighted by Gasteiger charge is 2.37. The van der Waals surface area contributed by atoms with Crippen LogP contribution in [-0.2, 0) is 0 Å². The van der Waals surface area contributed by atoms with E-state index in [0.717, 1.165) is 45.4 Å². The fourth-order valence-electron chi connectivity index (χ4n) is 2.29. The maximum absolute atomic E-state index is 11.7. The zero-order valence-electron chi connectivity index (χ0n) is 8.75. The van der Waals surface area contributed by atoms with E-state index in [1.807, 2.05) is 4.90 Å². The van der Waals surface area contributed by atoms with Gasteiger partial charge in [-0.1, -0.05) is 0 Å². The molecule has 0 unspecified atom stereocenters. The van der Waals surface area contributed by atoms with Gasteiger partial charge in [-0.2, -0.15) is 0 Å². The Bertz CT molecular complexity index is 223. The Labute approximate surface area is 85.0 Å². The van der Waals surface area contributed by atoms with E-state index in [2.05, 4.69) is 17.6 Å². The molecule has 14 heavy (non-hydrogen) atoms. The molecular weight excluding hydrogens is 178 g/mol. The summed E-state index contributed by atoms with van der Waals surface area (Å²) < 4.78 is 0. The van der Waals surface area contributed by atoms with Crippen LogP contribution in [0.15, 0.2) is 0 Å². The summed E-state index contributed by atoms with van der Waals surface area (Å²) in [6, 6.07) is 0.112. The highest BCUT2D eigenvalue weighted by molar-refractivity contribution is 5.75. The highest BCUT2D eigenvalue weighted by atomic mass is 16.2. The van der Waals surface area contributed by atoms with Crippen LogP contribution >= 0.6 is 0 Å². The summed E-state index contributed by atoms with van der Waals surface area (Å²) in [6.07, 6.45) is 3.10. The molecule has 79 valence electrons. The normalized spacial score (nSPS) is 27.2. The summed E-state index contributed by atoms with van der Waals surface area (Å²) in [5.41, 5.74) is 0.0479. The number of nitrogens with one attached hydrogen (secondary N) is 1. The monoisotopic (exact) mass is 196 g/mol. The van der Waals surface area contributed by atoms with E-state index < -0.39 is 0 Å². The molecule has 2 aliphatic heterocycles. The van der Waals surface area contributed by atoms with Gasteiger partial charge in [-0.05, 0) is 26.2 Å². The van der Waals surface area contributed by atoms with Crippen LogP contribution in [-0.4, -0.2) is 42.6 Å². The van der Waals surface area contributed by atoms with E-state index in [1.54, 1.807) is 0 Å². The fourth-order valence-corrected chi connectivity index (χ4v) is 2.29. The van der Waals surface area contributed by atoms with Gasteiger partial charge < -0.3 is 10.2 Å². The quantitative estimate of drug-likeness (QED) is 0.654. The lowest BCUT2D eigenvalue weighted by molar-refractivity contribution is 0.0857. The molecule has 0 aromatic rings. The van der Waals surface area contributed by atoms with Crippen molar-refractivity contribution in [3.63, 3.8) is 0 Å². The molecule has 0 saturated carbocycles. The van der Waals surface area contributed by atoms with Crippen molar-refractivity contribution in [3.8, 4) is 0 Å². The topological polar surface area (TPSA) is 46.4 Å². The molecule has 2 saturated heterocycles. The van der Waals surface area contributed by atoms with E-state index >= 15 is 0 Å². The van der Waals surface area contributed by atoms with Crippen molar-refractivity contribution in [3.05, 3.63) is 0 Å². The predicted molar refractivity (Wildman–Crippen MR) is 54.2 cm³/mol. The Morgan fingerprint density at radius 2 is 2.14 bits per heavy atom. The molecule has 4 nitrogen and oxygen atoms in total. The highest BCUT2D eigenvalue weighted by Crippen LogP contribution is 2.27. The minimum absolute atomic E-state index is 0.0479. The first-order chi connectivity index (χ1) is 6.72. The standard InChI is InChI=1S/C10H18N3O/c1-10(3-6-11-7-4-10)13-8-2-5-12-9(13)14/h2-8H2,1H3,(H,12,14). The predicted octanol–water partition coefficient (Wildman–Crippen LogP) is 0.559. The van der Waals surface area contributed by atoms with Gasteiger partial charge in [0.25, 0.3) is 0 Å². The summed E-state index contributed by atoms with van der Waals surface area (Å²) in [7, 11) is 0. The number of amides is 2. The summed E-state index contributed by atoms with van der Waals surface area (Å²) >= 11 is 0. The fraction of sp³-hybridized carbons (Fsp3) is 0.900. The molecule has 1 N–H and O–H groups in total. The van der Waals surface area contributed by atoms with E-state index in [9.17, 15) is 4.79 Å². The second-order valence-corrected chi connectivity index (χ2v) is 4.40. The third-order valence-corrected chi connectivity index (χ3v) is 3.35. The van der Waals surface area contributed by atoms with E-state index in [0.29, 0.717) is 0 Å². The van der Waals surface area contributed by atoms with Gasteiger partial charge in [-0.25, -0.2) is 10.1 Å². The van der Waals surface area contributed by atoms with Crippen LogP contribution in [0, 0.1) is 0 Å². The van der Waals surface area contributed by atoms with Gasteiger partial charge in [-0.3, -0.25) is 0 Å².